The van der Waals surface area contributed by atoms with E-state index in [-0.39, 0.29) is 30.4 Å². The van der Waals surface area contributed by atoms with Crippen LogP contribution < -0.4 is 14.8 Å². The second-order valence-corrected chi connectivity index (χ2v) is 9.73. The molecule has 0 atom stereocenters. The third kappa shape index (κ3) is 7.02. The number of nitrogens with one attached hydrogen (secondary N) is 1. The fourth-order valence-corrected chi connectivity index (χ4v) is 4.75. The summed E-state index contributed by atoms with van der Waals surface area (Å²) in [5, 5.41) is 2.97. The minimum atomic E-state index is -0.138. The number of unbranched alkanes of at least 4 members (excludes halogenated alkanes) is 2. The number of fused-ring (bicyclic) bond motifs is 1. The van der Waals surface area contributed by atoms with Crippen molar-refractivity contribution >= 4 is 22.8 Å². The third-order valence-corrected chi connectivity index (χ3v) is 6.44. The van der Waals surface area contributed by atoms with Crippen molar-refractivity contribution in [2.75, 3.05) is 20.8 Å². The van der Waals surface area contributed by atoms with Gasteiger partial charge in [-0.2, -0.15) is 0 Å². The molecule has 1 N–H and O–H groups in total. The van der Waals surface area contributed by atoms with E-state index in [0.717, 1.165) is 42.5 Å². The molecule has 1 aromatic heterocycles. The Hall–Kier alpha value is -3.55. The summed E-state index contributed by atoms with van der Waals surface area (Å²) in [6, 6.07) is 13.4. The van der Waals surface area contributed by atoms with Crippen LogP contribution in [0.1, 0.15) is 63.1 Å². The van der Waals surface area contributed by atoms with Crippen LogP contribution in [-0.2, 0) is 17.8 Å². The van der Waals surface area contributed by atoms with Gasteiger partial charge in [0.15, 0.2) is 11.5 Å². The van der Waals surface area contributed by atoms with Gasteiger partial charge in [0.05, 0.1) is 25.3 Å². The highest BCUT2D eigenvalue weighted by atomic mass is 16.5. The predicted molar refractivity (Wildman–Crippen MR) is 146 cm³/mol. The van der Waals surface area contributed by atoms with E-state index in [1.165, 1.54) is 0 Å². The zero-order chi connectivity index (χ0) is 26.9. The molecule has 2 amide bonds. The molecule has 1 heterocycles. The van der Waals surface area contributed by atoms with Crippen molar-refractivity contribution in [1.29, 1.82) is 0 Å². The summed E-state index contributed by atoms with van der Waals surface area (Å²) in [5.41, 5.74) is 2.43. The average molecular weight is 509 g/mol. The molecular formula is C29H40N4O4. The fraction of sp³-hybridized carbons (Fsp3) is 0.483. The van der Waals surface area contributed by atoms with Gasteiger partial charge in [0.25, 0.3) is 5.91 Å². The lowest BCUT2D eigenvalue weighted by Gasteiger charge is -2.31. The number of ether oxygens (including phenoxy) is 2. The minimum absolute atomic E-state index is 0.104. The van der Waals surface area contributed by atoms with Gasteiger partial charge in [-0.1, -0.05) is 18.6 Å². The molecule has 2 aromatic carbocycles. The van der Waals surface area contributed by atoms with E-state index in [1.54, 1.807) is 32.4 Å². The van der Waals surface area contributed by atoms with Crippen LogP contribution in [0, 0.1) is 0 Å². The Bertz CT molecular complexity index is 1190. The van der Waals surface area contributed by atoms with Crippen molar-refractivity contribution in [2.45, 2.75) is 72.0 Å². The molecule has 8 nitrogen and oxygen atoms in total. The smallest absolute Gasteiger partial charge is 0.251 e. The van der Waals surface area contributed by atoms with Crippen LogP contribution in [-0.4, -0.2) is 59.1 Å². The first-order valence-corrected chi connectivity index (χ1v) is 13.0. The Kier molecular flexibility index (Phi) is 9.94. The van der Waals surface area contributed by atoms with Crippen LogP contribution in [0.25, 0.3) is 11.0 Å². The number of nitrogens with zero attached hydrogens (tertiary/aromatic N) is 3. The van der Waals surface area contributed by atoms with Gasteiger partial charge in [-0.05, 0) is 70.9 Å². The number of methoxy groups -OCH3 is 2. The van der Waals surface area contributed by atoms with Gasteiger partial charge in [-0.3, -0.25) is 9.59 Å². The molecule has 0 aliphatic carbocycles. The number of hydrogen-bond acceptors (Lipinski definition) is 5. The number of amides is 2. The second-order valence-electron chi connectivity index (χ2n) is 9.73. The molecule has 0 aliphatic heterocycles. The summed E-state index contributed by atoms with van der Waals surface area (Å²) in [4.78, 5) is 32.5. The van der Waals surface area contributed by atoms with Gasteiger partial charge in [0.1, 0.15) is 12.4 Å². The highest BCUT2D eigenvalue weighted by Gasteiger charge is 2.22. The molecule has 0 spiro atoms. The molecule has 0 saturated carbocycles. The van der Waals surface area contributed by atoms with E-state index in [4.69, 9.17) is 14.5 Å². The van der Waals surface area contributed by atoms with Gasteiger partial charge in [-0.25, -0.2) is 4.98 Å². The maximum Gasteiger partial charge on any atom is 0.251 e. The lowest BCUT2D eigenvalue weighted by atomic mass is 10.1. The zero-order valence-electron chi connectivity index (χ0n) is 22.9. The van der Waals surface area contributed by atoms with Crippen LogP contribution in [0.15, 0.2) is 42.5 Å². The SMILES string of the molecule is COc1ccc(C(=O)NCCCCCc2nc3ccccc3n2CC(=O)N(C(C)C)C(C)C)cc1OC. The molecule has 8 heteroatoms. The van der Waals surface area contributed by atoms with E-state index in [9.17, 15) is 9.59 Å². The summed E-state index contributed by atoms with van der Waals surface area (Å²) >= 11 is 0. The Labute approximate surface area is 220 Å². The van der Waals surface area contributed by atoms with E-state index < -0.39 is 0 Å². The van der Waals surface area contributed by atoms with Crippen LogP contribution in [0.2, 0.25) is 0 Å². The molecule has 37 heavy (non-hydrogen) atoms. The summed E-state index contributed by atoms with van der Waals surface area (Å²) < 4.78 is 12.6. The number of imidazole rings is 1. The monoisotopic (exact) mass is 508 g/mol. The predicted octanol–water partition coefficient (Wildman–Crippen LogP) is 4.84. The first-order chi connectivity index (χ1) is 17.8. The van der Waals surface area contributed by atoms with Crippen molar-refractivity contribution in [3.05, 3.63) is 53.9 Å². The number of benzene rings is 2. The molecule has 0 fully saturated rings. The normalized spacial score (nSPS) is 11.2. The van der Waals surface area contributed by atoms with E-state index in [1.807, 2.05) is 29.2 Å². The maximum atomic E-state index is 13.2. The van der Waals surface area contributed by atoms with Crippen LogP contribution in [0.5, 0.6) is 11.5 Å². The van der Waals surface area contributed by atoms with Crippen molar-refractivity contribution in [3.8, 4) is 11.5 Å². The number of para-hydroxylation sites is 2. The highest BCUT2D eigenvalue weighted by Crippen LogP contribution is 2.27. The molecule has 0 bridgehead atoms. The number of carbonyl (C=O) groups is 2. The van der Waals surface area contributed by atoms with Gasteiger partial charge in [-0.15, -0.1) is 0 Å². The standard InChI is InChI=1S/C29H40N4O4/c1-20(2)33(21(3)4)28(34)19-32-24-13-10-9-12-23(24)31-27(32)14-8-7-11-17-30-29(35)22-15-16-25(36-5)26(18-22)37-6/h9-10,12-13,15-16,18,20-21H,7-8,11,14,17,19H2,1-6H3,(H,30,35). The quantitative estimate of drug-likeness (QED) is 0.334. The lowest BCUT2D eigenvalue weighted by molar-refractivity contribution is -0.135. The van der Waals surface area contributed by atoms with Crippen LogP contribution in [0.4, 0.5) is 0 Å². The first kappa shape index (κ1) is 28.0. The van der Waals surface area contributed by atoms with Crippen LogP contribution in [0.3, 0.4) is 0 Å². The number of carbonyl (C=O) groups excluding carboxylic acids is 2. The summed E-state index contributed by atoms with van der Waals surface area (Å²) in [6.45, 7) is 9.07. The summed E-state index contributed by atoms with van der Waals surface area (Å²) in [5.74, 6) is 2.01. The number of aryl methyl sites for hydroxylation is 1. The van der Waals surface area contributed by atoms with Crippen molar-refractivity contribution < 1.29 is 19.1 Å². The summed E-state index contributed by atoms with van der Waals surface area (Å²) in [6.07, 6.45) is 3.48. The second kappa shape index (κ2) is 13.1. The Morgan fingerprint density at radius 3 is 2.32 bits per heavy atom. The summed E-state index contributed by atoms with van der Waals surface area (Å²) in [7, 11) is 3.12. The Morgan fingerprint density at radius 2 is 1.65 bits per heavy atom. The van der Waals surface area contributed by atoms with Gasteiger partial charge in [0.2, 0.25) is 5.91 Å². The molecule has 3 aromatic rings. The lowest BCUT2D eigenvalue weighted by Crippen LogP contribution is -2.43. The number of rotatable bonds is 13. The maximum absolute atomic E-state index is 13.2. The molecule has 0 radical (unpaired) electrons. The van der Waals surface area contributed by atoms with Crippen molar-refractivity contribution in [2.24, 2.45) is 0 Å². The fourth-order valence-electron chi connectivity index (χ4n) is 4.75. The van der Waals surface area contributed by atoms with Gasteiger partial charge in [0, 0.05) is 30.6 Å². The van der Waals surface area contributed by atoms with E-state index in [0.29, 0.717) is 23.6 Å². The molecule has 3 rings (SSSR count). The number of aromatic nitrogens is 2. The molecule has 0 saturated heterocycles. The zero-order valence-corrected chi connectivity index (χ0v) is 22.9. The van der Waals surface area contributed by atoms with E-state index >= 15 is 0 Å². The number of hydrogen-bond donors (Lipinski definition) is 1. The van der Waals surface area contributed by atoms with Gasteiger partial charge < -0.3 is 24.3 Å². The highest BCUT2D eigenvalue weighted by molar-refractivity contribution is 5.94. The molecule has 200 valence electrons. The molecule has 0 aliphatic rings. The van der Waals surface area contributed by atoms with Crippen molar-refractivity contribution in [3.63, 3.8) is 0 Å². The Morgan fingerprint density at radius 1 is 0.946 bits per heavy atom. The molecular weight excluding hydrogens is 468 g/mol. The van der Waals surface area contributed by atoms with Crippen LogP contribution >= 0.6 is 0 Å². The third-order valence-electron chi connectivity index (χ3n) is 6.44. The van der Waals surface area contributed by atoms with E-state index in [2.05, 4.69) is 37.6 Å². The van der Waals surface area contributed by atoms with Crippen molar-refractivity contribution in [1.82, 2.24) is 19.8 Å². The Balaban J connectivity index is 1.56. The topological polar surface area (TPSA) is 85.7 Å². The first-order valence-electron chi connectivity index (χ1n) is 13.0. The largest absolute Gasteiger partial charge is 0.493 e. The van der Waals surface area contributed by atoms with Gasteiger partial charge >= 0.3 is 0 Å². The minimum Gasteiger partial charge on any atom is -0.493 e. The average Bonchev–Trinajstić information content (AvgIpc) is 3.21. The molecule has 0 unspecified atom stereocenters.